The number of hydrogen-bond acceptors (Lipinski definition) is 2. The number of halogens is 1. The molecule has 4 heteroatoms. The van der Waals surface area contributed by atoms with E-state index in [0.29, 0.717) is 0 Å². The standard InChI is InChI=1S/C13H20INOS/c1-10-9-12(17-11(10)2)13(16)15-8-6-4-3-5-7-14/h9H,3-8H2,1-2H3,(H,15,16). The fourth-order valence-corrected chi connectivity index (χ4v) is 3.04. The molecule has 0 aromatic carbocycles. The van der Waals surface area contributed by atoms with Gasteiger partial charge in [-0.3, -0.25) is 4.79 Å². The van der Waals surface area contributed by atoms with Crippen LogP contribution in [0.25, 0.3) is 0 Å². The molecule has 0 spiro atoms. The van der Waals surface area contributed by atoms with Crippen LogP contribution in [0.5, 0.6) is 0 Å². The zero-order valence-electron chi connectivity index (χ0n) is 10.5. The number of rotatable bonds is 7. The minimum Gasteiger partial charge on any atom is -0.351 e. The maximum absolute atomic E-state index is 11.8. The van der Waals surface area contributed by atoms with Gasteiger partial charge >= 0.3 is 0 Å². The van der Waals surface area contributed by atoms with E-state index < -0.39 is 0 Å². The zero-order chi connectivity index (χ0) is 12.7. The fraction of sp³-hybridized carbons (Fsp3) is 0.615. The highest BCUT2D eigenvalue weighted by molar-refractivity contribution is 14.1. The molecule has 0 radical (unpaired) electrons. The van der Waals surface area contributed by atoms with E-state index in [0.717, 1.165) is 17.8 Å². The average molecular weight is 365 g/mol. The van der Waals surface area contributed by atoms with Crippen LogP contribution in [0.1, 0.15) is 45.8 Å². The summed E-state index contributed by atoms with van der Waals surface area (Å²) in [5, 5.41) is 2.99. The Hall–Kier alpha value is -0.1000. The maximum atomic E-state index is 11.8. The highest BCUT2D eigenvalue weighted by atomic mass is 127. The van der Waals surface area contributed by atoms with E-state index in [1.807, 2.05) is 13.0 Å². The topological polar surface area (TPSA) is 29.1 Å². The number of hydrogen-bond donors (Lipinski definition) is 1. The molecule has 2 nitrogen and oxygen atoms in total. The van der Waals surface area contributed by atoms with Crippen molar-refractivity contribution in [2.45, 2.75) is 39.5 Å². The van der Waals surface area contributed by atoms with Crippen LogP contribution in [0.3, 0.4) is 0 Å². The van der Waals surface area contributed by atoms with Gasteiger partial charge in [0.15, 0.2) is 0 Å². The van der Waals surface area contributed by atoms with Gasteiger partial charge in [-0.15, -0.1) is 11.3 Å². The van der Waals surface area contributed by atoms with E-state index in [2.05, 4.69) is 34.8 Å². The lowest BCUT2D eigenvalue weighted by molar-refractivity contribution is 0.0957. The molecule has 1 rings (SSSR count). The lowest BCUT2D eigenvalue weighted by atomic mass is 10.2. The van der Waals surface area contributed by atoms with Gasteiger partial charge in [0.25, 0.3) is 5.91 Å². The maximum Gasteiger partial charge on any atom is 0.261 e. The van der Waals surface area contributed by atoms with Crippen LogP contribution in [0.2, 0.25) is 0 Å². The third-order valence-corrected chi connectivity index (χ3v) is 4.65. The molecule has 1 N–H and O–H groups in total. The number of carbonyl (C=O) groups excluding carboxylic acids is 1. The van der Waals surface area contributed by atoms with Crippen LogP contribution in [0, 0.1) is 13.8 Å². The van der Waals surface area contributed by atoms with Crippen LogP contribution in [0.15, 0.2) is 6.07 Å². The minimum atomic E-state index is 0.0834. The predicted octanol–water partition coefficient (Wildman–Crippen LogP) is 4.09. The molecule has 0 aliphatic rings. The van der Waals surface area contributed by atoms with Crippen molar-refractivity contribution >= 4 is 39.8 Å². The predicted molar refractivity (Wildman–Crippen MR) is 83.5 cm³/mol. The van der Waals surface area contributed by atoms with E-state index in [4.69, 9.17) is 0 Å². The molecular weight excluding hydrogens is 345 g/mol. The average Bonchev–Trinajstić information content (AvgIpc) is 2.64. The zero-order valence-corrected chi connectivity index (χ0v) is 13.5. The first-order valence-electron chi connectivity index (χ1n) is 6.06. The van der Waals surface area contributed by atoms with Crippen molar-refractivity contribution in [2.75, 3.05) is 11.0 Å². The SMILES string of the molecule is Cc1cc(C(=O)NCCCCCCI)sc1C. The number of alkyl halides is 1. The Kier molecular flexibility index (Phi) is 7.11. The van der Waals surface area contributed by atoms with Gasteiger partial charge in [-0.2, -0.15) is 0 Å². The summed E-state index contributed by atoms with van der Waals surface area (Å²) in [6, 6.07) is 1.98. The quantitative estimate of drug-likeness (QED) is 0.440. The number of aryl methyl sites for hydroxylation is 2. The van der Waals surface area contributed by atoms with E-state index in [1.165, 1.54) is 34.1 Å². The van der Waals surface area contributed by atoms with Gasteiger partial charge in [-0.1, -0.05) is 35.4 Å². The molecule has 17 heavy (non-hydrogen) atoms. The first-order valence-corrected chi connectivity index (χ1v) is 8.40. The van der Waals surface area contributed by atoms with Gasteiger partial charge < -0.3 is 5.32 Å². The third kappa shape index (κ3) is 5.38. The molecule has 96 valence electrons. The molecule has 0 aliphatic heterocycles. The van der Waals surface area contributed by atoms with E-state index in [9.17, 15) is 4.79 Å². The van der Waals surface area contributed by atoms with Crippen LogP contribution in [-0.4, -0.2) is 16.9 Å². The first-order chi connectivity index (χ1) is 8.15. The fourth-order valence-electron chi connectivity index (χ4n) is 1.55. The Morgan fingerprint density at radius 2 is 2.00 bits per heavy atom. The molecule has 0 bridgehead atoms. The molecule has 1 aromatic rings. The highest BCUT2D eigenvalue weighted by Crippen LogP contribution is 2.20. The van der Waals surface area contributed by atoms with Crippen molar-refractivity contribution in [3.8, 4) is 0 Å². The van der Waals surface area contributed by atoms with Crippen molar-refractivity contribution in [2.24, 2.45) is 0 Å². The summed E-state index contributed by atoms with van der Waals surface area (Å²) in [6.07, 6.45) is 4.87. The molecular formula is C13H20INOS. The Morgan fingerprint density at radius 3 is 2.59 bits per heavy atom. The first kappa shape index (κ1) is 15.0. The van der Waals surface area contributed by atoms with Crippen molar-refractivity contribution < 1.29 is 4.79 Å². The highest BCUT2D eigenvalue weighted by Gasteiger charge is 2.09. The normalized spacial score (nSPS) is 10.5. The number of thiophene rings is 1. The van der Waals surface area contributed by atoms with Crippen LogP contribution in [0.4, 0.5) is 0 Å². The summed E-state index contributed by atoms with van der Waals surface area (Å²) < 4.78 is 1.23. The van der Waals surface area contributed by atoms with Crippen molar-refractivity contribution in [1.82, 2.24) is 5.32 Å². The largest absolute Gasteiger partial charge is 0.351 e. The summed E-state index contributed by atoms with van der Waals surface area (Å²) in [4.78, 5) is 13.9. The van der Waals surface area contributed by atoms with Gasteiger partial charge in [-0.05, 0) is 42.7 Å². The number of carbonyl (C=O) groups is 1. The monoisotopic (exact) mass is 365 g/mol. The number of nitrogens with one attached hydrogen (secondary N) is 1. The van der Waals surface area contributed by atoms with Crippen molar-refractivity contribution in [1.29, 1.82) is 0 Å². The van der Waals surface area contributed by atoms with Gasteiger partial charge in [0, 0.05) is 11.4 Å². The van der Waals surface area contributed by atoms with E-state index >= 15 is 0 Å². The number of unbranched alkanes of at least 4 members (excludes halogenated alkanes) is 3. The summed E-state index contributed by atoms with van der Waals surface area (Å²) in [6.45, 7) is 4.91. The Bertz CT molecular complexity index is 343. The van der Waals surface area contributed by atoms with Gasteiger partial charge in [0.1, 0.15) is 0 Å². The molecule has 0 aliphatic carbocycles. The van der Waals surface area contributed by atoms with E-state index in [1.54, 1.807) is 11.3 Å². The van der Waals surface area contributed by atoms with Crippen LogP contribution >= 0.6 is 33.9 Å². The lowest BCUT2D eigenvalue weighted by Crippen LogP contribution is -2.23. The molecule has 0 saturated carbocycles. The van der Waals surface area contributed by atoms with Gasteiger partial charge in [0.2, 0.25) is 0 Å². The van der Waals surface area contributed by atoms with E-state index in [-0.39, 0.29) is 5.91 Å². The molecule has 0 atom stereocenters. The molecule has 0 fully saturated rings. The second kappa shape index (κ2) is 8.08. The second-order valence-corrected chi connectivity index (χ2v) is 6.54. The molecule has 0 saturated heterocycles. The van der Waals surface area contributed by atoms with Crippen molar-refractivity contribution in [3.63, 3.8) is 0 Å². The Balaban J connectivity index is 2.21. The summed E-state index contributed by atoms with van der Waals surface area (Å²) in [5.41, 5.74) is 1.21. The lowest BCUT2D eigenvalue weighted by Gasteiger charge is -2.02. The third-order valence-electron chi connectivity index (χ3n) is 2.74. The number of amides is 1. The Labute approximate surface area is 121 Å². The molecule has 1 heterocycles. The van der Waals surface area contributed by atoms with Gasteiger partial charge in [0.05, 0.1) is 4.88 Å². The molecule has 0 unspecified atom stereocenters. The molecule has 1 amide bonds. The van der Waals surface area contributed by atoms with Gasteiger partial charge in [-0.25, -0.2) is 0 Å². The van der Waals surface area contributed by atoms with Crippen molar-refractivity contribution in [3.05, 3.63) is 21.4 Å². The smallest absolute Gasteiger partial charge is 0.261 e. The Morgan fingerprint density at radius 1 is 1.29 bits per heavy atom. The summed E-state index contributed by atoms with van der Waals surface area (Å²) in [7, 11) is 0. The van der Waals surface area contributed by atoms with Crippen LogP contribution in [-0.2, 0) is 0 Å². The molecule has 1 aromatic heterocycles. The minimum absolute atomic E-state index is 0.0834. The second-order valence-electron chi connectivity index (χ2n) is 4.21. The van der Waals surface area contributed by atoms with Crippen LogP contribution < -0.4 is 5.32 Å². The summed E-state index contributed by atoms with van der Waals surface area (Å²) >= 11 is 3.99. The summed E-state index contributed by atoms with van der Waals surface area (Å²) in [5.74, 6) is 0.0834.